The van der Waals surface area contributed by atoms with Crippen LogP contribution in [0.2, 0.25) is 0 Å². The molecule has 0 aliphatic carbocycles. The highest BCUT2D eigenvalue weighted by Gasteiger charge is 2.21. The summed E-state index contributed by atoms with van der Waals surface area (Å²) in [6, 6.07) is 18.2. The van der Waals surface area contributed by atoms with Gasteiger partial charge < -0.3 is 14.6 Å². The molecule has 3 aromatic heterocycles. The highest BCUT2D eigenvalue weighted by atomic mass is 19.1. The molecule has 36 heavy (non-hydrogen) atoms. The smallest absolute Gasteiger partial charge is 0.339 e. The number of rotatable bonds is 6. The number of halogens is 1. The highest BCUT2D eigenvalue weighted by Crippen LogP contribution is 2.27. The van der Waals surface area contributed by atoms with E-state index >= 15 is 0 Å². The van der Waals surface area contributed by atoms with Crippen LogP contribution in [0.1, 0.15) is 21.7 Å². The third kappa shape index (κ3) is 4.56. The maximum absolute atomic E-state index is 13.3. The third-order valence-corrected chi connectivity index (χ3v) is 5.41. The molecule has 0 atom stereocenters. The number of hydrogen-bond acceptors (Lipinski definition) is 7. The lowest BCUT2D eigenvalue weighted by atomic mass is 10.1. The summed E-state index contributed by atoms with van der Waals surface area (Å²) in [7, 11) is 0. The van der Waals surface area contributed by atoms with Crippen molar-refractivity contribution in [2.75, 3.05) is 11.9 Å². The maximum Gasteiger partial charge on any atom is 0.339 e. The van der Waals surface area contributed by atoms with Gasteiger partial charge in [-0.05, 0) is 44.2 Å². The summed E-state index contributed by atoms with van der Waals surface area (Å²) in [5.41, 5.74) is 3.36. The second-order valence-electron chi connectivity index (χ2n) is 8.05. The molecule has 0 spiro atoms. The Morgan fingerprint density at radius 2 is 1.81 bits per heavy atom. The molecule has 1 amide bonds. The van der Waals surface area contributed by atoms with Crippen LogP contribution >= 0.6 is 0 Å². The summed E-state index contributed by atoms with van der Waals surface area (Å²) in [4.78, 5) is 30.1. The van der Waals surface area contributed by atoms with E-state index in [1.54, 1.807) is 26.0 Å². The molecule has 9 nitrogen and oxygen atoms in total. The minimum atomic E-state index is -0.718. The fourth-order valence-corrected chi connectivity index (χ4v) is 3.77. The van der Waals surface area contributed by atoms with Crippen LogP contribution < -0.4 is 5.32 Å². The van der Waals surface area contributed by atoms with Crippen molar-refractivity contribution in [3.8, 4) is 16.9 Å². The first kappa shape index (κ1) is 22.9. The van der Waals surface area contributed by atoms with Gasteiger partial charge in [-0.1, -0.05) is 35.5 Å². The van der Waals surface area contributed by atoms with Crippen molar-refractivity contribution in [3.05, 3.63) is 89.5 Å². The van der Waals surface area contributed by atoms with Crippen molar-refractivity contribution >= 4 is 28.8 Å². The number of aromatic nitrogens is 4. The second-order valence-corrected chi connectivity index (χ2v) is 8.05. The maximum atomic E-state index is 13.3. The summed E-state index contributed by atoms with van der Waals surface area (Å²) in [6.45, 7) is 2.91. The number of ether oxygens (including phenoxy) is 1. The summed E-state index contributed by atoms with van der Waals surface area (Å²) in [5, 5.41) is 11.3. The van der Waals surface area contributed by atoms with Gasteiger partial charge in [0.25, 0.3) is 11.6 Å². The van der Waals surface area contributed by atoms with Gasteiger partial charge in [0.2, 0.25) is 0 Å². The zero-order valence-corrected chi connectivity index (χ0v) is 19.4. The SMILES string of the molecule is Cc1cc(NC(=O)COC(=O)c2cc(-c3ccccc3)nc3onc(C)c23)n(-c2ccc(F)cc2)n1. The lowest BCUT2D eigenvalue weighted by molar-refractivity contribution is -0.119. The molecule has 0 bridgehead atoms. The van der Waals surface area contributed by atoms with Gasteiger partial charge in [-0.2, -0.15) is 5.10 Å². The molecule has 0 unspecified atom stereocenters. The number of aryl methyl sites for hydroxylation is 2. The van der Waals surface area contributed by atoms with Crippen molar-refractivity contribution in [1.29, 1.82) is 0 Å². The van der Waals surface area contributed by atoms with Crippen molar-refractivity contribution in [1.82, 2.24) is 19.9 Å². The van der Waals surface area contributed by atoms with Crippen LogP contribution in [0.4, 0.5) is 10.2 Å². The van der Waals surface area contributed by atoms with Crippen molar-refractivity contribution in [3.63, 3.8) is 0 Å². The Bertz CT molecular complexity index is 1580. The second kappa shape index (κ2) is 9.41. The predicted molar refractivity (Wildman–Crippen MR) is 129 cm³/mol. The Balaban J connectivity index is 1.35. The molecular weight excluding hydrogens is 465 g/mol. The number of hydrogen-bond donors (Lipinski definition) is 1. The van der Waals surface area contributed by atoms with Gasteiger partial charge >= 0.3 is 5.97 Å². The number of carbonyl (C=O) groups excluding carboxylic acids is 2. The molecule has 0 saturated carbocycles. The molecule has 2 aromatic carbocycles. The zero-order chi connectivity index (χ0) is 25.2. The third-order valence-electron chi connectivity index (χ3n) is 5.41. The number of amides is 1. The number of carbonyl (C=O) groups is 2. The molecule has 0 fully saturated rings. The number of anilines is 1. The van der Waals surface area contributed by atoms with Crippen molar-refractivity contribution < 1.29 is 23.2 Å². The molecular formula is C26H20FN5O4. The average molecular weight is 485 g/mol. The molecule has 0 aliphatic rings. The quantitative estimate of drug-likeness (QED) is 0.349. The van der Waals surface area contributed by atoms with E-state index in [2.05, 4.69) is 20.6 Å². The van der Waals surface area contributed by atoms with Gasteiger partial charge in [0.15, 0.2) is 6.61 Å². The molecule has 0 radical (unpaired) electrons. The van der Waals surface area contributed by atoms with E-state index in [4.69, 9.17) is 9.26 Å². The van der Waals surface area contributed by atoms with Crippen LogP contribution in [0.3, 0.4) is 0 Å². The Hall–Kier alpha value is -4.86. The molecule has 0 saturated heterocycles. The van der Waals surface area contributed by atoms with Gasteiger partial charge in [-0.25, -0.2) is 18.9 Å². The molecule has 180 valence electrons. The van der Waals surface area contributed by atoms with Crippen molar-refractivity contribution in [2.24, 2.45) is 0 Å². The molecule has 5 aromatic rings. The highest BCUT2D eigenvalue weighted by molar-refractivity contribution is 6.05. The van der Waals surface area contributed by atoms with Crippen LogP contribution in [0, 0.1) is 19.7 Å². The van der Waals surface area contributed by atoms with Crippen LogP contribution in [0.15, 0.2) is 71.3 Å². The zero-order valence-electron chi connectivity index (χ0n) is 19.4. The van der Waals surface area contributed by atoms with Crippen LogP contribution in [-0.2, 0) is 9.53 Å². The van der Waals surface area contributed by atoms with E-state index in [0.29, 0.717) is 34.0 Å². The number of nitrogens with one attached hydrogen (secondary N) is 1. The van der Waals surface area contributed by atoms with E-state index in [1.165, 1.54) is 28.9 Å². The first-order valence-corrected chi connectivity index (χ1v) is 11.0. The van der Waals surface area contributed by atoms with Gasteiger partial charge in [-0.3, -0.25) is 4.79 Å². The molecule has 5 rings (SSSR count). The van der Waals surface area contributed by atoms with E-state index in [0.717, 1.165) is 5.56 Å². The largest absolute Gasteiger partial charge is 0.452 e. The summed E-state index contributed by atoms with van der Waals surface area (Å²) in [6.07, 6.45) is 0. The van der Waals surface area contributed by atoms with E-state index in [-0.39, 0.29) is 17.1 Å². The predicted octanol–water partition coefficient (Wildman–Crippen LogP) is 4.63. The normalized spacial score (nSPS) is 11.0. The van der Waals surface area contributed by atoms with E-state index < -0.39 is 18.5 Å². The fraction of sp³-hybridized carbons (Fsp3) is 0.115. The van der Waals surface area contributed by atoms with Crippen molar-refractivity contribution in [2.45, 2.75) is 13.8 Å². The average Bonchev–Trinajstić information content (AvgIpc) is 3.44. The van der Waals surface area contributed by atoms with E-state index in [9.17, 15) is 14.0 Å². The van der Waals surface area contributed by atoms with Gasteiger partial charge in [0.05, 0.1) is 33.7 Å². The Morgan fingerprint density at radius 1 is 1.06 bits per heavy atom. The molecule has 0 aliphatic heterocycles. The number of esters is 1. The van der Waals surface area contributed by atoms with Crippen LogP contribution in [0.5, 0.6) is 0 Å². The molecule has 10 heteroatoms. The van der Waals surface area contributed by atoms with Crippen LogP contribution in [0.25, 0.3) is 28.0 Å². The minimum Gasteiger partial charge on any atom is -0.452 e. The molecule has 3 heterocycles. The summed E-state index contributed by atoms with van der Waals surface area (Å²) >= 11 is 0. The van der Waals surface area contributed by atoms with Gasteiger partial charge in [0.1, 0.15) is 11.6 Å². The van der Waals surface area contributed by atoms with Gasteiger partial charge in [0, 0.05) is 11.6 Å². The summed E-state index contributed by atoms with van der Waals surface area (Å²) < 4.78 is 25.4. The fourth-order valence-electron chi connectivity index (χ4n) is 3.77. The Labute approximate surface area is 204 Å². The first-order chi connectivity index (χ1) is 17.4. The number of fused-ring (bicyclic) bond motifs is 1. The minimum absolute atomic E-state index is 0.192. The Morgan fingerprint density at radius 3 is 2.56 bits per heavy atom. The van der Waals surface area contributed by atoms with Crippen LogP contribution in [-0.4, -0.2) is 38.4 Å². The lowest BCUT2D eigenvalue weighted by Crippen LogP contribution is -2.22. The monoisotopic (exact) mass is 485 g/mol. The summed E-state index contributed by atoms with van der Waals surface area (Å²) in [5.74, 6) is -1.32. The first-order valence-electron chi connectivity index (χ1n) is 11.0. The standard InChI is InChI=1S/C26H20FN5O4/c1-15-12-22(32(30-15)19-10-8-18(27)9-11-19)29-23(33)14-35-26(34)20-13-21(17-6-4-3-5-7-17)28-25-24(20)16(2)31-36-25/h3-13H,14H2,1-2H3,(H,29,33). The van der Waals surface area contributed by atoms with E-state index in [1.807, 2.05) is 30.3 Å². The topological polar surface area (TPSA) is 112 Å². The number of benzene rings is 2. The number of nitrogens with zero attached hydrogens (tertiary/aromatic N) is 4. The lowest BCUT2D eigenvalue weighted by Gasteiger charge is -2.10. The Kier molecular flexibility index (Phi) is 5.99. The molecule has 1 N–H and O–H groups in total. The van der Waals surface area contributed by atoms with Gasteiger partial charge in [-0.15, -0.1) is 0 Å². The number of pyridine rings is 1.